The minimum absolute atomic E-state index is 0.0894. The molecule has 0 aliphatic rings. The maximum absolute atomic E-state index is 10.3. The molecule has 0 saturated heterocycles. The molecule has 6 nitrogen and oxygen atoms in total. The monoisotopic (exact) mass is 294 g/mol. The number of aliphatic hydroxyl groups excluding tert-OH is 1. The molecule has 0 fully saturated rings. The molecule has 1 N–H and O–H groups in total. The summed E-state index contributed by atoms with van der Waals surface area (Å²) in [5.41, 5.74) is 0. The number of rotatable bonds is 12. The highest BCUT2D eigenvalue weighted by atomic mass is 16.6. The fourth-order valence-corrected chi connectivity index (χ4v) is 1.02. The van der Waals surface area contributed by atoms with Crippen LogP contribution in [0.1, 0.15) is 33.6 Å². The number of hydrogen-bond acceptors (Lipinski definition) is 6. The molecule has 0 aliphatic heterocycles. The third kappa shape index (κ3) is 26.0. The summed E-state index contributed by atoms with van der Waals surface area (Å²) in [6.45, 7) is 9.51. The molecule has 0 bridgehead atoms. The summed E-state index contributed by atoms with van der Waals surface area (Å²) in [6.07, 6.45) is 2.20. The molecule has 0 aliphatic carbocycles. The zero-order valence-electron chi connectivity index (χ0n) is 13.1. The first-order valence-electron chi connectivity index (χ1n) is 7.16. The Morgan fingerprint density at radius 3 is 2.05 bits per heavy atom. The van der Waals surface area contributed by atoms with Crippen LogP contribution >= 0.6 is 0 Å². The van der Waals surface area contributed by atoms with Crippen LogP contribution in [-0.2, 0) is 23.7 Å². The molecule has 0 aromatic carbocycles. The largest absolute Gasteiger partial charge is 0.463 e. The van der Waals surface area contributed by atoms with E-state index in [1.165, 1.54) is 6.92 Å². The third-order valence-electron chi connectivity index (χ3n) is 1.99. The molecule has 0 atom stereocenters. The lowest BCUT2D eigenvalue weighted by molar-refractivity contribution is -0.142. The molecule has 0 rings (SSSR count). The van der Waals surface area contributed by atoms with Crippen LogP contribution in [0.5, 0.6) is 0 Å². The van der Waals surface area contributed by atoms with Crippen molar-refractivity contribution in [2.45, 2.75) is 33.6 Å². The predicted octanol–water partition coefficient (Wildman–Crippen LogP) is 1.40. The van der Waals surface area contributed by atoms with Crippen molar-refractivity contribution in [1.29, 1.82) is 0 Å². The Hall–Kier alpha value is -0.690. The van der Waals surface area contributed by atoms with E-state index in [1.54, 1.807) is 0 Å². The Kier molecular flexibility index (Phi) is 22.3. The Balaban J connectivity index is 0. The number of esters is 1. The Morgan fingerprint density at radius 1 is 0.900 bits per heavy atom. The molecule has 0 unspecified atom stereocenters. The molecule has 0 amide bonds. The van der Waals surface area contributed by atoms with E-state index in [4.69, 9.17) is 19.3 Å². The lowest BCUT2D eigenvalue weighted by atomic mass is 10.4. The van der Waals surface area contributed by atoms with Crippen molar-refractivity contribution in [2.24, 2.45) is 0 Å². The molecular weight excluding hydrogens is 264 g/mol. The Labute approximate surface area is 122 Å². The van der Waals surface area contributed by atoms with Crippen molar-refractivity contribution in [3.05, 3.63) is 0 Å². The second-order valence-corrected chi connectivity index (χ2v) is 3.84. The van der Waals surface area contributed by atoms with Crippen LogP contribution in [0.25, 0.3) is 0 Å². The quantitative estimate of drug-likeness (QED) is 0.433. The number of hydrogen-bond donors (Lipinski definition) is 1. The van der Waals surface area contributed by atoms with E-state index in [1.807, 2.05) is 6.92 Å². The minimum atomic E-state index is -0.246. The molecule has 122 valence electrons. The van der Waals surface area contributed by atoms with Gasteiger partial charge in [0, 0.05) is 20.1 Å². The van der Waals surface area contributed by atoms with Crippen molar-refractivity contribution < 1.29 is 28.8 Å². The van der Waals surface area contributed by atoms with Gasteiger partial charge in [0.2, 0.25) is 0 Å². The van der Waals surface area contributed by atoms with E-state index in [-0.39, 0.29) is 12.6 Å². The zero-order valence-corrected chi connectivity index (χ0v) is 13.1. The second kappa shape index (κ2) is 20.6. The number of carbonyl (C=O) groups excluding carboxylic acids is 1. The smallest absolute Gasteiger partial charge is 0.302 e. The second-order valence-electron chi connectivity index (χ2n) is 3.84. The number of aliphatic hydroxyl groups is 1. The maximum Gasteiger partial charge on any atom is 0.302 e. The van der Waals surface area contributed by atoms with E-state index in [0.29, 0.717) is 33.0 Å². The van der Waals surface area contributed by atoms with Gasteiger partial charge in [0.15, 0.2) is 0 Å². The number of carbonyl (C=O) groups is 1. The van der Waals surface area contributed by atoms with Crippen LogP contribution in [0.2, 0.25) is 0 Å². The molecule has 0 aromatic heterocycles. The first-order chi connectivity index (χ1) is 9.68. The van der Waals surface area contributed by atoms with E-state index >= 15 is 0 Å². The van der Waals surface area contributed by atoms with Gasteiger partial charge in [0.05, 0.1) is 33.0 Å². The van der Waals surface area contributed by atoms with Crippen molar-refractivity contribution in [2.75, 3.05) is 52.9 Å². The Bertz CT molecular complexity index is 181. The summed E-state index contributed by atoms with van der Waals surface area (Å²) in [6, 6.07) is 0. The highest BCUT2D eigenvalue weighted by molar-refractivity contribution is 5.65. The van der Waals surface area contributed by atoms with Gasteiger partial charge in [-0.1, -0.05) is 13.3 Å². The van der Waals surface area contributed by atoms with Gasteiger partial charge in [-0.15, -0.1) is 0 Å². The first-order valence-corrected chi connectivity index (χ1v) is 7.16. The van der Waals surface area contributed by atoms with Gasteiger partial charge in [-0.05, 0) is 13.3 Å². The topological polar surface area (TPSA) is 74.2 Å². The van der Waals surface area contributed by atoms with Crippen molar-refractivity contribution in [1.82, 2.24) is 0 Å². The summed E-state index contributed by atoms with van der Waals surface area (Å²) in [7, 11) is 0. The lowest BCUT2D eigenvalue weighted by Crippen LogP contribution is -2.07. The normalized spacial score (nSPS) is 9.80. The van der Waals surface area contributed by atoms with Crippen LogP contribution in [0.15, 0.2) is 0 Å². The maximum atomic E-state index is 10.3. The number of ether oxygens (including phenoxy) is 4. The van der Waals surface area contributed by atoms with E-state index in [0.717, 1.165) is 26.1 Å². The van der Waals surface area contributed by atoms with Gasteiger partial charge in [0.25, 0.3) is 0 Å². The van der Waals surface area contributed by atoms with Crippen LogP contribution in [0, 0.1) is 0 Å². The van der Waals surface area contributed by atoms with Crippen LogP contribution < -0.4 is 0 Å². The third-order valence-corrected chi connectivity index (χ3v) is 1.99. The molecule has 20 heavy (non-hydrogen) atoms. The average Bonchev–Trinajstić information content (AvgIpc) is 2.43. The van der Waals surface area contributed by atoms with Gasteiger partial charge in [0.1, 0.15) is 6.61 Å². The standard InChI is InChI=1S/C8H16O3.C6H14O3/c1-3-4-5-10-6-7-11-8(2)9;1-2-8-5-6-9-4-3-7/h3-7H2,1-2H3;7H,2-6H2,1H3. The fourth-order valence-electron chi connectivity index (χ4n) is 1.02. The van der Waals surface area contributed by atoms with Crippen LogP contribution in [0.3, 0.4) is 0 Å². The molecule has 0 saturated carbocycles. The molecule has 0 heterocycles. The van der Waals surface area contributed by atoms with E-state index in [2.05, 4.69) is 11.7 Å². The molecular formula is C14H30O6. The molecule has 6 heteroatoms. The van der Waals surface area contributed by atoms with Gasteiger partial charge >= 0.3 is 5.97 Å². The van der Waals surface area contributed by atoms with Gasteiger partial charge in [-0.3, -0.25) is 4.79 Å². The fraction of sp³-hybridized carbons (Fsp3) is 0.929. The summed E-state index contributed by atoms with van der Waals surface area (Å²) >= 11 is 0. The van der Waals surface area contributed by atoms with Gasteiger partial charge < -0.3 is 24.1 Å². The van der Waals surface area contributed by atoms with Gasteiger partial charge in [-0.25, -0.2) is 0 Å². The highest BCUT2D eigenvalue weighted by Crippen LogP contribution is 1.87. The molecule has 0 radical (unpaired) electrons. The molecule has 0 aromatic rings. The van der Waals surface area contributed by atoms with Gasteiger partial charge in [-0.2, -0.15) is 0 Å². The van der Waals surface area contributed by atoms with Crippen LogP contribution in [-0.4, -0.2) is 63.9 Å². The zero-order chi connectivity index (χ0) is 15.5. The predicted molar refractivity (Wildman–Crippen MR) is 76.8 cm³/mol. The van der Waals surface area contributed by atoms with Crippen molar-refractivity contribution >= 4 is 5.97 Å². The summed E-state index contributed by atoms with van der Waals surface area (Å²) in [5.74, 6) is -0.246. The Morgan fingerprint density at radius 2 is 1.50 bits per heavy atom. The summed E-state index contributed by atoms with van der Waals surface area (Å²) in [4.78, 5) is 10.3. The lowest BCUT2D eigenvalue weighted by Gasteiger charge is -2.02. The highest BCUT2D eigenvalue weighted by Gasteiger charge is 1.91. The van der Waals surface area contributed by atoms with E-state index < -0.39 is 0 Å². The number of unbranched alkanes of at least 4 members (excludes halogenated alkanes) is 1. The summed E-state index contributed by atoms with van der Waals surface area (Å²) in [5, 5.41) is 8.26. The van der Waals surface area contributed by atoms with Crippen molar-refractivity contribution in [3.63, 3.8) is 0 Å². The minimum Gasteiger partial charge on any atom is -0.463 e. The van der Waals surface area contributed by atoms with Crippen molar-refractivity contribution in [3.8, 4) is 0 Å². The van der Waals surface area contributed by atoms with Crippen LogP contribution in [0.4, 0.5) is 0 Å². The summed E-state index contributed by atoms with van der Waals surface area (Å²) < 4.78 is 19.7. The first kappa shape index (κ1) is 21.6. The average molecular weight is 294 g/mol. The van der Waals surface area contributed by atoms with E-state index in [9.17, 15) is 4.79 Å². The molecule has 0 spiro atoms. The SMILES string of the molecule is CCCCOCCOC(C)=O.CCOCCOCCO.